The molecule has 1 aliphatic heterocycles. The molecule has 1 N–H and O–H groups in total. The van der Waals surface area contributed by atoms with Crippen LogP contribution in [0.5, 0.6) is 5.75 Å². The Balaban J connectivity index is 1.86. The van der Waals surface area contributed by atoms with Crippen molar-refractivity contribution >= 4 is 0 Å². The quantitative estimate of drug-likeness (QED) is 0.922. The Kier molecular flexibility index (Phi) is 3.98. The first-order chi connectivity index (χ1) is 10.0. The van der Waals surface area contributed by atoms with E-state index in [1.807, 2.05) is 0 Å². The zero-order valence-corrected chi connectivity index (χ0v) is 13.8. The Hall–Kier alpha value is -1.06. The molecule has 1 fully saturated rings. The molecule has 0 radical (unpaired) electrons. The van der Waals surface area contributed by atoms with Crippen LogP contribution in [0, 0.1) is 5.41 Å². The standard InChI is InChI=1S/C18H28N2O/c1-5-19-17-15-11-14(21-4)7-6-13(15)10-16(17)20-9-8-18(2,3)12-20/h6-7,11,16-17,19H,5,8-10,12H2,1-4H3. The van der Waals surface area contributed by atoms with Crippen LogP contribution in [0.15, 0.2) is 18.2 Å². The molecule has 1 saturated heterocycles. The van der Waals surface area contributed by atoms with Crippen molar-refractivity contribution in [2.24, 2.45) is 5.41 Å². The average Bonchev–Trinajstić information content (AvgIpc) is 2.99. The van der Waals surface area contributed by atoms with Gasteiger partial charge in [0, 0.05) is 18.6 Å². The molecule has 1 heterocycles. The molecule has 2 atom stereocenters. The minimum atomic E-state index is 0.439. The van der Waals surface area contributed by atoms with Gasteiger partial charge in [0.15, 0.2) is 0 Å². The van der Waals surface area contributed by atoms with Gasteiger partial charge in [-0.1, -0.05) is 26.8 Å². The van der Waals surface area contributed by atoms with Crippen LogP contribution < -0.4 is 10.1 Å². The highest BCUT2D eigenvalue weighted by Crippen LogP contribution is 2.40. The van der Waals surface area contributed by atoms with E-state index in [-0.39, 0.29) is 0 Å². The number of hydrogen-bond acceptors (Lipinski definition) is 3. The van der Waals surface area contributed by atoms with Gasteiger partial charge in [-0.05, 0) is 54.6 Å². The molecule has 2 unspecified atom stereocenters. The van der Waals surface area contributed by atoms with Crippen molar-refractivity contribution in [1.82, 2.24) is 10.2 Å². The first-order valence-electron chi connectivity index (χ1n) is 8.18. The summed E-state index contributed by atoms with van der Waals surface area (Å²) in [4.78, 5) is 2.69. The topological polar surface area (TPSA) is 24.5 Å². The first-order valence-corrected chi connectivity index (χ1v) is 8.18. The van der Waals surface area contributed by atoms with Crippen LogP contribution in [0.1, 0.15) is 44.4 Å². The third kappa shape index (κ3) is 2.82. The lowest BCUT2D eigenvalue weighted by atomic mass is 9.93. The van der Waals surface area contributed by atoms with Crippen LogP contribution in [-0.4, -0.2) is 37.7 Å². The fourth-order valence-corrected chi connectivity index (χ4v) is 3.97. The fraction of sp³-hybridized carbons (Fsp3) is 0.667. The van der Waals surface area contributed by atoms with Gasteiger partial charge in [0.05, 0.1) is 7.11 Å². The lowest BCUT2D eigenvalue weighted by Gasteiger charge is -2.31. The largest absolute Gasteiger partial charge is 0.497 e. The maximum Gasteiger partial charge on any atom is 0.119 e. The number of benzene rings is 1. The van der Waals surface area contributed by atoms with Crippen molar-refractivity contribution in [3.63, 3.8) is 0 Å². The number of fused-ring (bicyclic) bond motifs is 1. The van der Waals surface area contributed by atoms with Crippen LogP contribution >= 0.6 is 0 Å². The number of rotatable bonds is 4. The van der Waals surface area contributed by atoms with E-state index in [1.54, 1.807) is 7.11 Å². The molecule has 1 aromatic rings. The smallest absolute Gasteiger partial charge is 0.119 e. The molecule has 3 heteroatoms. The summed E-state index contributed by atoms with van der Waals surface area (Å²) in [7, 11) is 1.75. The lowest BCUT2D eigenvalue weighted by molar-refractivity contribution is 0.186. The van der Waals surface area contributed by atoms with Gasteiger partial charge >= 0.3 is 0 Å². The van der Waals surface area contributed by atoms with Crippen molar-refractivity contribution in [2.45, 2.75) is 45.7 Å². The highest BCUT2D eigenvalue weighted by atomic mass is 16.5. The zero-order valence-electron chi connectivity index (χ0n) is 13.8. The Morgan fingerprint density at radius 3 is 2.81 bits per heavy atom. The Morgan fingerprint density at radius 1 is 1.38 bits per heavy atom. The van der Waals surface area contributed by atoms with E-state index in [0.717, 1.165) is 18.7 Å². The molecule has 116 valence electrons. The Morgan fingerprint density at radius 2 is 2.19 bits per heavy atom. The summed E-state index contributed by atoms with van der Waals surface area (Å²) in [6.45, 7) is 10.4. The second-order valence-corrected chi connectivity index (χ2v) is 7.26. The van der Waals surface area contributed by atoms with Crippen LogP contribution in [0.4, 0.5) is 0 Å². The van der Waals surface area contributed by atoms with Crippen LogP contribution in [-0.2, 0) is 6.42 Å². The summed E-state index contributed by atoms with van der Waals surface area (Å²) in [5, 5.41) is 3.71. The third-order valence-corrected chi connectivity index (χ3v) is 5.10. The van der Waals surface area contributed by atoms with Crippen molar-refractivity contribution in [3.05, 3.63) is 29.3 Å². The highest BCUT2D eigenvalue weighted by molar-refractivity contribution is 5.43. The maximum atomic E-state index is 5.42. The normalized spacial score (nSPS) is 27.8. The number of likely N-dealkylation sites (N-methyl/N-ethyl adjacent to an activating group) is 1. The Bertz CT molecular complexity index is 512. The van der Waals surface area contributed by atoms with Gasteiger partial charge < -0.3 is 10.1 Å². The number of ether oxygens (including phenoxy) is 1. The van der Waals surface area contributed by atoms with E-state index in [2.05, 4.69) is 49.2 Å². The number of nitrogens with one attached hydrogen (secondary N) is 1. The lowest BCUT2D eigenvalue weighted by Crippen LogP contribution is -2.42. The summed E-state index contributed by atoms with van der Waals surface area (Å²) in [6, 6.07) is 7.60. The molecule has 3 rings (SSSR count). The fourth-order valence-electron chi connectivity index (χ4n) is 3.97. The summed E-state index contributed by atoms with van der Waals surface area (Å²) in [5.41, 5.74) is 3.38. The van der Waals surface area contributed by atoms with Gasteiger partial charge in [0.1, 0.15) is 5.75 Å². The molecule has 0 amide bonds. The monoisotopic (exact) mass is 288 g/mol. The Labute approximate surface area is 128 Å². The minimum Gasteiger partial charge on any atom is -0.497 e. The number of likely N-dealkylation sites (tertiary alicyclic amines) is 1. The second kappa shape index (κ2) is 5.62. The predicted molar refractivity (Wildman–Crippen MR) is 86.9 cm³/mol. The van der Waals surface area contributed by atoms with Gasteiger partial charge in [-0.3, -0.25) is 4.90 Å². The number of nitrogens with zero attached hydrogens (tertiary/aromatic N) is 1. The SMILES string of the molecule is CCNC1c2cc(OC)ccc2CC1N1CCC(C)(C)C1. The van der Waals surface area contributed by atoms with Gasteiger partial charge in [0.2, 0.25) is 0 Å². The van der Waals surface area contributed by atoms with E-state index in [4.69, 9.17) is 4.74 Å². The molecule has 1 aliphatic carbocycles. The van der Waals surface area contributed by atoms with E-state index in [0.29, 0.717) is 17.5 Å². The summed E-state index contributed by atoms with van der Waals surface area (Å²) >= 11 is 0. The molecular weight excluding hydrogens is 260 g/mol. The van der Waals surface area contributed by atoms with Crippen LogP contribution in [0.25, 0.3) is 0 Å². The molecule has 0 aromatic heterocycles. The molecule has 1 aromatic carbocycles. The summed E-state index contributed by atoms with van der Waals surface area (Å²) in [6.07, 6.45) is 2.47. The molecule has 0 bridgehead atoms. The zero-order chi connectivity index (χ0) is 15.0. The molecule has 2 aliphatic rings. The first kappa shape index (κ1) is 14.9. The average molecular weight is 288 g/mol. The second-order valence-electron chi connectivity index (χ2n) is 7.26. The summed E-state index contributed by atoms with van der Waals surface area (Å²) in [5.74, 6) is 0.971. The van der Waals surface area contributed by atoms with Crippen molar-refractivity contribution in [1.29, 1.82) is 0 Å². The number of methoxy groups -OCH3 is 1. The van der Waals surface area contributed by atoms with Gasteiger partial charge in [0.25, 0.3) is 0 Å². The van der Waals surface area contributed by atoms with Gasteiger partial charge in [-0.15, -0.1) is 0 Å². The molecular formula is C18H28N2O. The highest BCUT2D eigenvalue weighted by Gasteiger charge is 2.40. The molecule has 0 spiro atoms. The van der Waals surface area contributed by atoms with Crippen LogP contribution in [0.3, 0.4) is 0 Å². The van der Waals surface area contributed by atoms with Gasteiger partial charge in [-0.2, -0.15) is 0 Å². The van der Waals surface area contributed by atoms with E-state index in [9.17, 15) is 0 Å². The third-order valence-electron chi connectivity index (χ3n) is 5.10. The molecule has 3 nitrogen and oxygen atoms in total. The van der Waals surface area contributed by atoms with Crippen molar-refractivity contribution in [2.75, 3.05) is 26.7 Å². The van der Waals surface area contributed by atoms with E-state index >= 15 is 0 Å². The summed E-state index contributed by atoms with van der Waals surface area (Å²) < 4.78 is 5.42. The molecule has 0 saturated carbocycles. The minimum absolute atomic E-state index is 0.439. The molecule has 21 heavy (non-hydrogen) atoms. The van der Waals surface area contributed by atoms with E-state index in [1.165, 1.54) is 30.6 Å². The van der Waals surface area contributed by atoms with Crippen molar-refractivity contribution in [3.8, 4) is 5.75 Å². The number of hydrogen-bond donors (Lipinski definition) is 1. The van der Waals surface area contributed by atoms with Crippen molar-refractivity contribution < 1.29 is 4.74 Å². The van der Waals surface area contributed by atoms with E-state index < -0.39 is 0 Å². The maximum absolute atomic E-state index is 5.42. The predicted octanol–water partition coefficient (Wildman–Crippen LogP) is 3.00. The van der Waals surface area contributed by atoms with Gasteiger partial charge in [-0.25, -0.2) is 0 Å². The van der Waals surface area contributed by atoms with Crippen LogP contribution in [0.2, 0.25) is 0 Å².